The predicted molar refractivity (Wildman–Crippen MR) is 148 cm³/mol. The highest BCUT2D eigenvalue weighted by Crippen LogP contribution is 2.34. The van der Waals surface area contributed by atoms with Crippen molar-refractivity contribution in [3.8, 4) is 5.75 Å². The second-order valence-corrected chi connectivity index (χ2v) is 10.2. The van der Waals surface area contributed by atoms with E-state index < -0.39 is 5.54 Å². The molecule has 1 amide bonds. The molecule has 1 aliphatic rings. The summed E-state index contributed by atoms with van der Waals surface area (Å²) in [4.78, 5) is 25.8. The first-order chi connectivity index (χ1) is 18.3. The predicted octanol–water partition coefficient (Wildman–Crippen LogP) is 6.08. The van der Waals surface area contributed by atoms with Gasteiger partial charge in [0.1, 0.15) is 12.4 Å². The highest BCUT2D eigenvalue weighted by Gasteiger charge is 2.37. The van der Waals surface area contributed by atoms with Gasteiger partial charge < -0.3 is 19.5 Å². The highest BCUT2D eigenvalue weighted by molar-refractivity contribution is 6.32. The summed E-state index contributed by atoms with van der Waals surface area (Å²) in [5.74, 6) is 0.0649. The maximum atomic E-state index is 13.9. The van der Waals surface area contributed by atoms with Crippen LogP contribution < -0.4 is 10.1 Å². The van der Waals surface area contributed by atoms with Crippen LogP contribution in [-0.4, -0.2) is 32.2 Å². The second kappa shape index (κ2) is 12.5. The lowest BCUT2D eigenvalue weighted by Gasteiger charge is -2.39. The molecule has 0 atom stereocenters. The van der Waals surface area contributed by atoms with E-state index in [2.05, 4.69) is 37.4 Å². The quantitative estimate of drug-likeness (QED) is 0.336. The lowest BCUT2D eigenvalue weighted by atomic mass is 9.81. The number of hydrogen-bond acceptors (Lipinski definition) is 5. The molecule has 1 aliphatic heterocycles. The van der Waals surface area contributed by atoms with Crippen LogP contribution in [0.5, 0.6) is 5.75 Å². The molecule has 0 saturated carbocycles. The van der Waals surface area contributed by atoms with E-state index in [1.54, 1.807) is 12.1 Å². The molecule has 4 rings (SSSR count). The fraction of sp³-hybridized carbons (Fsp3) is 0.355. The molecule has 7 heteroatoms. The van der Waals surface area contributed by atoms with Gasteiger partial charge in [-0.25, -0.2) is 0 Å². The molecule has 6 nitrogen and oxygen atoms in total. The fourth-order valence-corrected chi connectivity index (χ4v) is 5.14. The number of carbonyl (C=O) groups is 2. The number of rotatable bonds is 9. The molecule has 3 aromatic carbocycles. The van der Waals surface area contributed by atoms with E-state index in [0.29, 0.717) is 48.8 Å². The summed E-state index contributed by atoms with van der Waals surface area (Å²) in [6, 6.07) is 19.3. The van der Waals surface area contributed by atoms with Crippen molar-refractivity contribution >= 4 is 23.5 Å². The number of aryl methyl sites for hydroxylation is 3. The van der Waals surface area contributed by atoms with Crippen molar-refractivity contribution in [3.05, 3.63) is 99.1 Å². The van der Waals surface area contributed by atoms with Crippen molar-refractivity contribution in [1.29, 1.82) is 0 Å². The summed E-state index contributed by atoms with van der Waals surface area (Å²) in [6.45, 7) is 5.51. The molecule has 0 spiro atoms. The zero-order valence-electron chi connectivity index (χ0n) is 22.1. The standard InChI is InChI=1S/C31H34ClNO5/c1-21-16-22(2)18-25(17-21)31(12-14-37-15-13-31)33-30(35)26-19-23(8-9-24(26)10-11-29(34)36-3)20-38-28-7-5-4-6-27(28)32/h4-9,16-19H,10-15,20H2,1-3H3,(H,33,35). The summed E-state index contributed by atoms with van der Waals surface area (Å²) in [5, 5.41) is 3.90. The van der Waals surface area contributed by atoms with Gasteiger partial charge in [0.25, 0.3) is 5.91 Å². The molecule has 1 heterocycles. The SMILES string of the molecule is COC(=O)CCc1ccc(COc2ccccc2Cl)cc1C(=O)NC1(c2cc(C)cc(C)c2)CCOCC1. The third-order valence-electron chi connectivity index (χ3n) is 6.95. The maximum Gasteiger partial charge on any atom is 0.305 e. The van der Waals surface area contributed by atoms with Crippen molar-refractivity contribution in [1.82, 2.24) is 5.32 Å². The monoisotopic (exact) mass is 535 g/mol. The number of methoxy groups -OCH3 is 1. The van der Waals surface area contributed by atoms with Gasteiger partial charge >= 0.3 is 5.97 Å². The summed E-state index contributed by atoms with van der Waals surface area (Å²) in [6.07, 6.45) is 1.92. The van der Waals surface area contributed by atoms with Crippen LogP contribution in [0.4, 0.5) is 0 Å². The molecule has 38 heavy (non-hydrogen) atoms. The molecule has 0 bridgehead atoms. The van der Waals surface area contributed by atoms with Crippen molar-refractivity contribution in [2.75, 3.05) is 20.3 Å². The Kier molecular flexibility index (Phi) is 9.08. The van der Waals surface area contributed by atoms with Crippen LogP contribution in [0, 0.1) is 13.8 Å². The maximum absolute atomic E-state index is 13.9. The van der Waals surface area contributed by atoms with Gasteiger partial charge in [0.05, 0.1) is 17.7 Å². The van der Waals surface area contributed by atoms with Gasteiger partial charge in [-0.2, -0.15) is 0 Å². The fourth-order valence-electron chi connectivity index (χ4n) is 4.95. The molecular formula is C31H34ClNO5. The van der Waals surface area contributed by atoms with E-state index in [0.717, 1.165) is 27.8 Å². The first kappa shape index (κ1) is 27.7. The minimum absolute atomic E-state index is 0.183. The van der Waals surface area contributed by atoms with Crippen LogP contribution in [0.3, 0.4) is 0 Å². The smallest absolute Gasteiger partial charge is 0.305 e. The van der Waals surface area contributed by atoms with Crippen molar-refractivity contribution in [2.45, 2.75) is 51.7 Å². The average Bonchev–Trinajstić information content (AvgIpc) is 2.91. The summed E-state index contributed by atoms with van der Waals surface area (Å²) in [7, 11) is 1.36. The van der Waals surface area contributed by atoms with E-state index >= 15 is 0 Å². The summed E-state index contributed by atoms with van der Waals surface area (Å²) in [5.41, 5.74) is 4.96. The van der Waals surface area contributed by atoms with Gasteiger partial charge in [-0.15, -0.1) is 0 Å². The molecule has 0 unspecified atom stereocenters. The minimum Gasteiger partial charge on any atom is -0.487 e. The molecule has 3 aromatic rings. The van der Waals surface area contributed by atoms with Crippen LogP contribution in [-0.2, 0) is 32.8 Å². The van der Waals surface area contributed by atoms with E-state index in [1.807, 2.05) is 30.3 Å². The largest absolute Gasteiger partial charge is 0.487 e. The molecule has 1 fully saturated rings. The average molecular weight is 536 g/mol. The Bertz CT molecular complexity index is 1280. The Hall–Kier alpha value is -3.35. The normalized spacial score (nSPS) is 14.5. The van der Waals surface area contributed by atoms with Crippen LogP contribution in [0.25, 0.3) is 0 Å². The van der Waals surface area contributed by atoms with E-state index in [1.165, 1.54) is 7.11 Å². The van der Waals surface area contributed by atoms with Gasteiger partial charge in [0.15, 0.2) is 0 Å². The molecule has 1 saturated heterocycles. The van der Waals surface area contributed by atoms with Crippen molar-refractivity contribution in [2.24, 2.45) is 0 Å². The number of hydrogen-bond donors (Lipinski definition) is 1. The molecule has 0 aliphatic carbocycles. The van der Waals surface area contributed by atoms with Gasteiger partial charge in [-0.1, -0.05) is 65.2 Å². The van der Waals surface area contributed by atoms with Gasteiger partial charge in [0, 0.05) is 25.2 Å². The lowest BCUT2D eigenvalue weighted by Crippen LogP contribution is -2.49. The van der Waals surface area contributed by atoms with Crippen molar-refractivity contribution < 1.29 is 23.8 Å². The van der Waals surface area contributed by atoms with Crippen LogP contribution in [0.15, 0.2) is 60.7 Å². The van der Waals surface area contributed by atoms with E-state index in [4.69, 9.17) is 25.8 Å². The Balaban J connectivity index is 1.65. The van der Waals surface area contributed by atoms with Crippen molar-refractivity contribution in [3.63, 3.8) is 0 Å². The van der Waals surface area contributed by atoms with E-state index in [-0.39, 0.29) is 24.9 Å². The van der Waals surface area contributed by atoms with Crippen LogP contribution in [0.2, 0.25) is 5.02 Å². The number of nitrogens with one attached hydrogen (secondary N) is 1. The van der Waals surface area contributed by atoms with Gasteiger partial charge in [-0.3, -0.25) is 9.59 Å². The second-order valence-electron chi connectivity index (χ2n) is 9.81. The number of benzene rings is 3. The molecule has 1 N–H and O–H groups in total. The number of carbonyl (C=O) groups excluding carboxylic acids is 2. The minimum atomic E-state index is -0.546. The molecule has 0 radical (unpaired) electrons. The Morgan fingerprint density at radius 1 is 1.00 bits per heavy atom. The Morgan fingerprint density at radius 3 is 2.39 bits per heavy atom. The zero-order chi connectivity index (χ0) is 27.1. The third kappa shape index (κ3) is 6.74. The third-order valence-corrected chi connectivity index (χ3v) is 7.26. The topological polar surface area (TPSA) is 73.9 Å². The van der Waals surface area contributed by atoms with Crippen LogP contribution in [0.1, 0.15) is 57.4 Å². The molecule has 0 aromatic heterocycles. The zero-order valence-corrected chi connectivity index (χ0v) is 22.9. The first-order valence-corrected chi connectivity index (χ1v) is 13.2. The van der Waals surface area contributed by atoms with Gasteiger partial charge in [-0.05, 0) is 68.0 Å². The summed E-state index contributed by atoms with van der Waals surface area (Å²) < 4.78 is 16.4. The Morgan fingerprint density at radius 2 is 1.71 bits per heavy atom. The lowest BCUT2D eigenvalue weighted by molar-refractivity contribution is -0.140. The number of ether oxygens (including phenoxy) is 3. The number of halogens is 1. The van der Waals surface area contributed by atoms with Crippen LogP contribution >= 0.6 is 11.6 Å². The number of esters is 1. The first-order valence-electron chi connectivity index (χ1n) is 12.8. The summed E-state index contributed by atoms with van der Waals surface area (Å²) >= 11 is 6.24. The Labute approximate surface area is 229 Å². The number of amides is 1. The molecular weight excluding hydrogens is 502 g/mol. The van der Waals surface area contributed by atoms with Gasteiger partial charge in [0.2, 0.25) is 0 Å². The highest BCUT2D eigenvalue weighted by atomic mass is 35.5. The molecule has 200 valence electrons. The van der Waals surface area contributed by atoms with E-state index in [9.17, 15) is 9.59 Å². The number of para-hydroxylation sites is 1.